The number of hydrogen-bond acceptors (Lipinski definition) is 3. The van der Waals surface area contributed by atoms with Gasteiger partial charge in [0.25, 0.3) is 0 Å². The maximum atomic E-state index is 12.0. The van der Waals surface area contributed by atoms with Crippen LogP contribution in [0.5, 0.6) is 0 Å². The number of H-pyrrole nitrogens is 1. The molecule has 0 aliphatic rings. The molecule has 1 atom stereocenters. The Balaban J connectivity index is 2.15. The first-order chi connectivity index (χ1) is 8.51. The highest BCUT2D eigenvalue weighted by Crippen LogP contribution is 2.21. The minimum absolute atomic E-state index is 0.0474. The summed E-state index contributed by atoms with van der Waals surface area (Å²) < 4.78 is 10.9. The molecule has 0 saturated heterocycles. The number of aromatic amines is 1. The third-order valence-corrected chi connectivity index (χ3v) is 3.05. The van der Waals surface area contributed by atoms with Crippen molar-refractivity contribution in [2.45, 2.75) is 40.2 Å². The minimum atomic E-state index is -0.320. The Morgan fingerprint density at radius 3 is 2.72 bits per heavy atom. The Kier molecular flexibility index (Phi) is 3.45. The van der Waals surface area contributed by atoms with Gasteiger partial charge < -0.3 is 14.1 Å². The predicted octanol–water partition coefficient (Wildman–Crippen LogP) is 3.66. The van der Waals surface area contributed by atoms with Gasteiger partial charge in [0.2, 0.25) is 0 Å². The molecule has 2 rings (SSSR count). The fourth-order valence-corrected chi connectivity index (χ4v) is 2.05. The zero-order chi connectivity index (χ0) is 13.3. The summed E-state index contributed by atoms with van der Waals surface area (Å²) >= 11 is 0. The van der Waals surface area contributed by atoms with Crippen molar-refractivity contribution in [3.8, 4) is 0 Å². The molecule has 2 aromatic rings. The van der Waals surface area contributed by atoms with E-state index in [1.165, 1.54) is 0 Å². The van der Waals surface area contributed by atoms with Gasteiger partial charge in [-0.25, -0.2) is 4.79 Å². The number of aromatic nitrogens is 1. The van der Waals surface area contributed by atoms with E-state index in [2.05, 4.69) is 4.98 Å². The number of carbonyl (C=O) groups excluding carboxylic acids is 1. The van der Waals surface area contributed by atoms with Crippen molar-refractivity contribution in [1.82, 2.24) is 4.98 Å². The van der Waals surface area contributed by atoms with Crippen molar-refractivity contribution in [2.75, 3.05) is 0 Å². The number of rotatable bonds is 4. The van der Waals surface area contributed by atoms with Crippen molar-refractivity contribution in [3.63, 3.8) is 0 Å². The first-order valence-electron chi connectivity index (χ1n) is 6.31. The fraction of sp³-hybridized carbons (Fsp3) is 0.500. The Morgan fingerprint density at radius 1 is 1.44 bits per heavy atom. The molecule has 98 valence electrons. The molecule has 0 aliphatic heterocycles. The van der Waals surface area contributed by atoms with Crippen molar-refractivity contribution in [3.05, 3.63) is 23.6 Å². The number of fused-ring (bicyclic) bond motifs is 1. The Hall–Kier alpha value is -1.71. The number of furan rings is 1. The second-order valence-corrected chi connectivity index (χ2v) is 4.91. The van der Waals surface area contributed by atoms with Crippen LogP contribution in [0.3, 0.4) is 0 Å². The SMILES string of the molecule is CCC(OC(=O)c1cc2oc(C)cc2[nH]1)C(C)C. The molecule has 0 fully saturated rings. The van der Waals surface area contributed by atoms with Gasteiger partial charge in [0.05, 0.1) is 5.52 Å². The topological polar surface area (TPSA) is 55.2 Å². The molecule has 2 aromatic heterocycles. The van der Waals surface area contributed by atoms with E-state index in [1.807, 2.05) is 33.8 Å². The lowest BCUT2D eigenvalue weighted by atomic mass is 10.1. The predicted molar refractivity (Wildman–Crippen MR) is 69.6 cm³/mol. The van der Waals surface area contributed by atoms with Crippen LogP contribution in [0.15, 0.2) is 16.5 Å². The molecule has 0 bridgehead atoms. The summed E-state index contributed by atoms with van der Waals surface area (Å²) in [7, 11) is 0. The number of carbonyl (C=O) groups is 1. The van der Waals surface area contributed by atoms with Gasteiger partial charge in [-0.15, -0.1) is 0 Å². The summed E-state index contributed by atoms with van der Waals surface area (Å²) in [5.74, 6) is 0.823. The molecule has 0 aliphatic carbocycles. The largest absolute Gasteiger partial charge is 0.460 e. The van der Waals surface area contributed by atoms with E-state index in [9.17, 15) is 4.79 Å². The van der Waals surface area contributed by atoms with Crippen molar-refractivity contribution < 1.29 is 13.9 Å². The van der Waals surface area contributed by atoms with E-state index in [0.29, 0.717) is 17.2 Å². The van der Waals surface area contributed by atoms with Gasteiger partial charge in [-0.05, 0) is 19.3 Å². The van der Waals surface area contributed by atoms with Crippen molar-refractivity contribution >= 4 is 17.1 Å². The van der Waals surface area contributed by atoms with Crippen LogP contribution in [0.4, 0.5) is 0 Å². The van der Waals surface area contributed by atoms with Gasteiger partial charge >= 0.3 is 5.97 Å². The van der Waals surface area contributed by atoms with Crippen LogP contribution in [0.2, 0.25) is 0 Å². The lowest BCUT2D eigenvalue weighted by molar-refractivity contribution is 0.0167. The molecule has 0 radical (unpaired) electrons. The average Bonchev–Trinajstić information content (AvgIpc) is 2.81. The summed E-state index contributed by atoms with van der Waals surface area (Å²) in [6.45, 7) is 7.98. The maximum Gasteiger partial charge on any atom is 0.355 e. The van der Waals surface area contributed by atoms with Crippen molar-refractivity contribution in [2.24, 2.45) is 5.92 Å². The molecule has 1 N–H and O–H groups in total. The van der Waals surface area contributed by atoms with E-state index in [4.69, 9.17) is 9.15 Å². The molecule has 4 heteroatoms. The van der Waals surface area contributed by atoms with Crippen LogP contribution in [0.1, 0.15) is 43.4 Å². The molecule has 18 heavy (non-hydrogen) atoms. The summed E-state index contributed by atoms with van der Waals surface area (Å²) in [5, 5.41) is 0. The molecule has 4 nitrogen and oxygen atoms in total. The molecule has 0 aromatic carbocycles. The number of esters is 1. The van der Waals surface area contributed by atoms with Gasteiger partial charge in [-0.1, -0.05) is 20.8 Å². The number of nitrogens with one attached hydrogen (secondary N) is 1. The van der Waals surface area contributed by atoms with Crippen LogP contribution >= 0.6 is 0 Å². The average molecular weight is 249 g/mol. The van der Waals surface area contributed by atoms with Crippen LogP contribution in [0, 0.1) is 12.8 Å². The monoisotopic (exact) mass is 249 g/mol. The molecule has 1 unspecified atom stereocenters. The molecule has 2 heterocycles. The number of hydrogen-bond donors (Lipinski definition) is 1. The highest BCUT2D eigenvalue weighted by Gasteiger charge is 2.19. The minimum Gasteiger partial charge on any atom is -0.460 e. The van der Waals surface area contributed by atoms with Crippen LogP contribution in [-0.4, -0.2) is 17.1 Å². The second-order valence-electron chi connectivity index (χ2n) is 4.91. The van der Waals surface area contributed by atoms with Crippen LogP contribution in [-0.2, 0) is 4.74 Å². The van der Waals surface area contributed by atoms with E-state index < -0.39 is 0 Å². The smallest absolute Gasteiger partial charge is 0.355 e. The molecule has 0 spiro atoms. The lowest BCUT2D eigenvalue weighted by Crippen LogP contribution is -2.23. The summed E-state index contributed by atoms with van der Waals surface area (Å²) in [6.07, 6.45) is 0.771. The first kappa shape index (κ1) is 12.7. The maximum absolute atomic E-state index is 12.0. The highest BCUT2D eigenvalue weighted by atomic mass is 16.5. The Labute approximate surface area is 106 Å². The number of aryl methyl sites for hydroxylation is 1. The molecule has 0 saturated carbocycles. The van der Waals surface area contributed by atoms with Gasteiger partial charge in [-0.2, -0.15) is 0 Å². The Morgan fingerprint density at radius 2 is 2.17 bits per heavy atom. The van der Waals surface area contributed by atoms with E-state index in [1.54, 1.807) is 6.07 Å². The van der Waals surface area contributed by atoms with Gasteiger partial charge in [0, 0.05) is 12.1 Å². The quantitative estimate of drug-likeness (QED) is 0.841. The van der Waals surface area contributed by atoms with Gasteiger partial charge in [-0.3, -0.25) is 0 Å². The second kappa shape index (κ2) is 4.88. The fourth-order valence-electron chi connectivity index (χ4n) is 2.05. The van der Waals surface area contributed by atoms with Crippen molar-refractivity contribution in [1.29, 1.82) is 0 Å². The normalized spacial score (nSPS) is 13.2. The molecule has 0 amide bonds. The first-order valence-corrected chi connectivity index (χ1v) is 6.31. The zero-order valence-electron chi connectivity index (χ0n) is 11.2. The third kappa shape index (κ3) is 2.42. The third-order valence-electron chi connectivity index (χ3n) is 3.05. The van der Waals surface area contributed by atoms with E-state index in [0.717, 1.165) is 17.7 Å². The number of ether oxygens (including phenoxy) is 1. The summed E-state index contributed by atoms with van der Waals surface area (Å²) in [5.41, 5.74) is 1.97. The van der Waals surface area contributed by atoms with Gasteiger partial charge in [0.1, 0.15) is 17.6 Å². The highest BCUT2D eigenvalue weighted by molar-refractivity contribution is 5.93. The Bertz CT molecular complexity index is 519. The summed E-state index contributed by atoms with van der Waals surface area (Å²) in [4.78, 5) is 15.0. The molecular formula is C14H19NO3. The zero-order valence-corrected chi connectivity index (χ0v) is 11.2. The lowest BCUT2D eigenvalue weighted by Gasteiger charge is -2.19. The molecular weight excluding hydrogens is 230 g/mol. The van der Waals surface area contributed by atoms with E-state index >= 15 is 0 Å². The van der Waals surface area contributed by atoms with Crippen LogP contribution in [0.25, 0.3) is 11.1 Å². The van der Waals surface area contributed by atoms with E-state index in [-0.39, 0.29) is 12.1 Å². The summed E-state index contributed by atoms with van der Waals surface area (Å²) in [6, 6.07) is 3.56. The van der Waals surface area contributed by atoms with Crippen LogP contribution < -0.4 is 0 Å². The van der Waals surface area contributed by atoms with Gasteiger partial charge in [0.15, 0.2) is 5.58 Å². The standard InChI is InChI=1S/C14H19NO3/c1-5-12(8(2)3)18-14(16)11-7-13-10(15-11)6-9(4)17-13/h6-8,12,15H,5H2,1-4H3.